The summed E-state index contributed by atoms with van der Waals surface area (Å²) in [4.78, 5) is 12.4. The average Bonchev–Trinajstić information content (AvgIpc) is 3.35. The minimum atomic E-state index is -0.420. The fourth-order valence-electron chi connectivity index (χ4n) is 2.57. The van der Waals surface area contributed by atoms with Crippen molar-refractivity contribution in [2.75, 3.05) is 26.3 Å². The van der Waals surface area contributed by atoms with Gasteiger partial charge in [0.25, 0.3) is 5.91 Å². The van der Waals surface area contributed by atoms with Gasteiger partial charge in [-0.05, 0) is 36.4 Å². The largest absolute Gasteiger partial charge is 0.493 e. The number of fused-ring (bicyclic) bond motifs is 1. The molecule has 3 aromatic rings. The van der Waals surface area contributed by atoms with Crippen molar-refractivity contribution < 1.29 is 28.2 Å². The monoisotopic (exact) mass is 369 g/mol. The first-order chi connectivity index (χ1) is 13.2. The van der Waals surface area contributed by atoms with E-state index in [9.17, 15) is 4.79 Å². The summed E-state index contributed by atoms with van der Waals surface area (Å²) in [7, 11) is 3.02. The number of rotatable bonds is 5. The Morgan fingerprint density at radius 3 is 2.63 bits per heavy atom. The second-order valence-electron chi connectivity index (χ2n) is 5.50. The Balaban J connectivity index is 1.51. The molecule has 9 nitrogen and oxygen atoms in total. The molecule has 0 aliphatic carbocycles. The van der Waals surface area contributed by atoms with Gasteiger partial charge in [0, 0.05) is 11.1 Å². The highest BCUT2D eigenvalue weighted by molar-refractivity contribution is 6.03. The van der Waals surface area contributed by atoms with E-state index < -0.39 is 5.91 Å². The number of anilines is 1. The molecule has 27 heavy (non-hydrogen) atoms. The van der Waals surface area contributed by atoms with Crippen molar-refractivity contribution in [2.24, 2.45) is 0 Å². The number of carbonyl (C=O) groups excluding carboxylic acids is 1. The van der Waals surface area contributed by atoms with Gasteiger partial charge in [-0.3, -0.25) is 10.1 Å². The first-order valence-corrected chi connectivity index (χ1v) is 7.95. The van der Waals surface area contributed by atoms with E-state index in [4.69, 9.17) is 23.4 Å². The summed E-state index contributed by atoms with van der Waals surface area (Å²) in [6.45, 7) is 0.176. The smallest absolute Gasteiger partial charge is 0.322 e. The molecule has 0 saturated carbocycles. The number of amides is 1. The molecule has 0 unspecified atom stereocenters. The molecule has 1 amide bonds. The fourth-order valence-corrected chi connectivity index (χ4v) is 2.57. The van der Waals surface area contributed by atoms with Crippen LogP contribution in [0.3, 0.4) is 0 Å². The van der Waals surface area contributed by atoms with Crippen LogP contribution in [-0.4, -0.2) is 37.1 Å². The molecule has 0 fully saturated rings. The van der Waals surface area contributed by atoms with E-state index in [1.54, 1.807) is 36.4 Å². The molecule has 0 atom stereocenters. The molecule has 2 heterocycles. The number of methoxy groups -OCH3 is 2. The predicted molar refractivity (Wildman–Crippen MR) is 93.4 cm³/mol. The van der Waals surface area contributed by atoms with E-state index in [0.717, 1.165) is 0 Å². The summed E-state index contributed by atoms with van der Waals surface area (Å²) in [6.07, 6.45) is 0. The summed E-state index contributed by atoms with van der Waals surface area (Å²) in [5.41, 5.74) is 1.01. The molecule has 1 aliphatic rings. The van der Waals surface area contributed by atoms with Gasteiger partial charge in [0.2, 0.25) is 12.7 Å². The van der Waals surface area contributed by atoms with E-state index in [2.05, 4.69) is 15.5 Å². The Labute approximate surface area is 153 Å². The van der Waals surface area contributed by atoms with Crippen LogP contribution in [0, 0.1) is 0 Å². The van der Waals surface area contributed by atoms with Crippen LogP contribution < -0.4 is 24.3 Å². The maximum absolute atomic E-state index is 12.4. The second kappa shape index (κ2) is 6.87. The third kappa shape index (κ3) is 3.22. The number of carbonyl (C=O) groups is 1. The summed E-state index contributed by atoms with van der Waals surface area (Å²) in [5.74, 6) is 2.04. The lowest BCUT2D eigenvalue weighted by Gasteiger charge is -2.08. The lowest BCUT2D eigenvalue weighted by atomic mass is 10.2. The lowest BCUT2D eigenvalue weighted by Crippen LogP contribution is -2.12. The maximum Gasteiger partial charge on any atom is 0.322 e. The van der Waals surface area contributed by atoms with Gasteiger partial charge in [-0.2, -0.15) is 0 Å². The predicted octanol–water partition coefficient (Wildman–Crippen LogP) is 2.73. The Hall–Kier alpha value is -3.75. The number of hydrogen-bond donors (Lipinski definition) is 1. The molecule has 2 aromatic carbocycles. The highest BCUT2D eigenvalue weighted by atomic mass is 16.7. The zero-order valence-corrected chi connectivity index (χ0v) is 14.5. The van der Waals surface area contributed by atoms with Crippen LogP contribution in [0.15, 0.2) is 40.8 Å². The van der Waals surface area contributed by atoms with Crippen LogP contribution in [0.4, 0.5) is 6.01 Å². The molecule has 4 rings (SSSR count). The van der Waals surface area contributed by atoms with Crippen LogP contribution >= 0.6 is 0 Å². The topological polar surface area (TPSA) is 105 Å². The van der Waals surface area contributed by atoms with E-state index in [1.165, 1.54) is 14.2 Å². The van der Waals surface area contributed by atoms with Crippen LogP contribution in [0.25, 0.3) is 11.5 Å². The van der Waals surface area contributed by atoms with Gasteiger partial charge >= 0.3 is 6.01 Å². The van der Waals surface area contributed by atoms with Crippen LogP contribution in [0.5, 0.6) is 23.0 Å². The molecule has 0 bridgehead atoms. The highest BCUT2D eigenvalue weighted by Crippen LogP contribution is 2.35. The summed E-state index contributed by atoms with van der Waals surface area (Å²) in [5, 5.41) is 10.4. The average molecular weight is 369 g/mol. The second-order valence-corrected chi connectivity index (χ2v) is 5.50. The molecular weight excluding hydrogens is 354 g/mol. The molecule has 1 aliphatic heterocycles. The van der Waals surface area contributed by atoms with E-state index in [0.29, 0.717) is 34.1 Å². The molecule has 0 radical (unpaired) electrons. The third-order valence-corrected chi connectivity index (χ3v) is 3.91. The maximum atomic E-state index is 12.4. The van der Waals surface area contributed by atoms with Crippen molar-refractivity contribution in [3.05, 3.63) is 42.0 Å². The summed E-state index contributed by atoms with van der Waals surface area (Å²) in [6, 6.07) is 10.0. The zero-order chi connectivity index (χ0) is 18.8. The van der Waals surface area contributed by atoms with Gasteiger partial charge in [-0.1, -0.05) is 5.10 Å². The van der Waals surface area contributed by atoms with Gasteiger partial charge in [-0.15, -0.1) is 5.10 Å². The molecule has 9 heteroatoms. The quantitative estimate of drug-likeness (QED) is 0.732. The van der Waals surface area contributed by atoms with Gasteiger partial charge in [-0.25, -0.2) is 0 Å². The summed E-state index contributed by atoms with van der Waals surface area (Å²) < 4.78 is 26.5. The normalized spacial score (nSPS) is 11.9. The van der Waals surface area contributed by atoms with Gasteiger partial charge < -0.3 is 23.4 Å². The lowest BCUT2D eigenvalue weighted by molar-refractivity contribution is 0.102. The van der Waals surface area contributed by atoms with Crippen LogP contribution in [-0.2, 0) is 0 Å². The van der Waals surface area contributed by atoms with Crippen molar-refractivity contribution in [2.45, 2.75) is 0 Å². The van der Waals surface area contributed by atoms with Gasteiger partial charge in [0.05, 0.1) is 14.2 Å². The Kier molecular flexibility index (Phi) is 4.25. The van der Waals surface area contributed by atoms with Crippen molar-refractivity contribution in [1.29, 1.82) is 0 Å². The Morgan fingerprint density at radius 2 is 1.81 bits per heavy atom. The molecule has 1 N–H and O–H groups in total. The first-order valence-electron chi connectivity index (χ1n) is 7.95. The fraction of sp³-hybridized carbons (Fsp3) is 0.167. The van der Waals surface area contributed by atoms with Crippen LogP contribution in [0.2, 0.25) is 0 Å². The van der Waals surface area contributed by atoms with Crippen LogP contribution in [0.1, 0.15) is 10.4 Å². The third-order valence-electron chi connectivity index (χ3n) is 3.91. The highest BCUT2D eigenvalue weighted by Gasteiger charge is 2.18. The zero-order valence-electron chi connectivity index (χ0n) is 14.5. The van der Waals surface area contributed by atoms with E-state index in [1.807, 2.05) is 0 Å². The van der Waals surface area contributed by atoms with Crippen molar-refractivity contribution in [3.8, 4) is 34.5 Å². The van der Waals surface area contributed by atoms with Crippen molar-refractivity contribution in [1.82, 2.24) is 10.2 Å². The molecular formula is C18H15N3O6. The molecule has 1 aromatic heterocycles. The number of hydrogen-bond acceptors (Lipinski definition) is 8. The van der Waals surface area contributed by atoms with E-state index >= 15 is 0 Å². The first kappa shape index (κ1) is 16.7. The number of benzene rings is 2. The van der Waals surface area contributed by atoms with E-state index in [-0.39, 0.29) is 18.7 Å². The standard InChI is InChI=1S/C18H15N3O6/c1-23-12-5-3-10(7-14(12)24-2)16(22)19-18-21-20-17(27-18)11-4-6-13-15(8-11)26-9-25-13/h3-8H,9H2,1-2H3,(H,19,21,22). The molecule has 138 valence electrons. The SMILES string of the molecule is COc1ccc(C(=O)Nc2nnc(-c3ccc4c(c3)OCO4)o2)cc1OC. The number of nitrogens with one attached hydrogen (secondary N) is 1. The molecule has 0 saturated heterocycles. The van der Waals surface area contributed by atoms with Gasteiger partial charge in [0.15, 0.2) is 23.0 Å². The minimum absolute atomic E-state index is 0.0255. The molecule has 0 spiro atoms. The Bertz CT molecular complexity index is 1000. The Morgan fingerprint density at radius 1 is 1.00 bits per heavy atom. The van der Waals surface area contributed by atoms with Gasteiger partial charge in [0.1, 0.15) is 0 Å². The number of aromatic nitrogens is 2. The van der Waals surface area contributed by atoms with Crippen molar-refractivity contribution >= 4 is 11.9 Å². The van der Waals surface area contributed by atoms with Crippen molar-refractivity contribution in [3.63, 3.8) is 0 Å². The minimum Gasteiger partial charge on any atom is -0.493 e. The number of ether oxygens (including phenoxy) is 4. The summed E-state index contributed by atoms with van der Waals surface area (Å²) >= 11 is 0. The number of nitrogens with zero attached hydrogens (tertiary/aromatic N) is 2.